The van der Waals surface area contributed by atoms with Crippen LogP contribution in [0, 0.1) is 0 Å². The van der Waals surface area contributed by atoms with Gasteiger partial charge in [0.15, 0.2) is 0 Å². The van der Waals surface area contributed by atoms with E-state index in [0.29, 0.717) is 0 Å². The van der Waals surface area contributed by atoms with Crippen LogP contribution in [0.5, 0.6) is 0 Å². The molecular formula is C17H21N3OS. The molecule has 116 valence electrons. The zero-order valence-electron chi connectivity index (χ0n) is 12.6. The zero-order valence-corrected chi connectivity index (χ0v) is 13.4. The van der Waals surface area contributed by atoms with Crippen LogP contribution < -0.4 is 5.32 Å². The third-order valence-electron chi connectivity index (χ3n) is 3.98. The van der Waals surface area contributed by atoms with E-state index < -0.39 is 0 Å². The van der Waals surface area contributed by atoms with E-state index >= 15 is 0 Å². The number of piperidine rings is 1. The molecule has 5 heteroatoms. The summed E-state index contributed by atoms with van der Waals surface area (Å²) in [5, 5.41) is 5.04. The van der Waals surface area contributed by atoms with Crippen molar-refractivity contribution < 1.29 is 4.79 Å². The number of carbonyl (C=O) groups is 1. The lowest BCUT2D eigenvalue weighted by molar-refractivity contribution is 0.0950. The lowest BCUT2D eigenvalue weighted by atomic mass is 10.1. The van der Waals surface area contributed by atoms with Crippen molar-refractivity contribution in [3.8, 4) is 11.1 Å². The molecule has 1 saturated heterocycles. The largest absolute Gasteiger partial charge is 0.350 e. The predicted molar refractivity (Wildman–Crippen MR) is 90.2 cm³/mol. The monoisotopic (exact) mass is 315 g/mol. The Kier molecular flexibility index (Phi) is 5.19. The highest BCUT2D eigenvalue weighted by Gasteiger charge is 2.12. The summed E-state index contributed by atoms with van der Waals surface area (Å²) < 4.78 is 0. The summed E-state index contributed by atoms with van der Waals surface area (Å²) >= 11 is 1.49. The summed E-state index contributed by atoms with van der Waals surface area (Å²) in [7, 11) is 0. The van der Waals surface area contributed by atoms with Crippen molar-refractivity contribution >= 4 is 17.2 Å². The first-order valence-electron chi connectivity index (χ1n) is 7.82. The molecule has 4 nitrogen and oxygen atoms in total. The molecule has 0 aromatic carbocycles. The number of carbonyl (C=O) groups excluding carboxylic acids is 1. The second-order valence-corrected chi connectivity index (χ2v) is 6.51. The van der Waals surface area contributed by atoms with Gasteiger partial charge in [-0.25, -0.2) is 0 Å². The van der Waals surface area contributed by atoms with Gasteiger partial charge in [-0.1, -0.05) is 12.5 Å². The predicted octanol–water partition coefficient (Wildman–Crippen LogP) is 3.03. The Labute approximate surface area is 135 Å². The van der Waals surface area contributed by atoms with Gasteiger partial charge in [-0.05, 0) is 49.0 Å². The second-order valence-electron chi connectivity index (χ2n) is 5.60. The number of thiophene rings is 1. The second kappa shape index (κ2) is 7.51. The molecule has 22 heavy (non-hydrogen) atoms. The minimum absolute atomic E-state index is 0.0251. The molecule has 1 N–H and O–H groups in total. The number of aromatic nitrogens is 1. The maximum absolute atomic E-state index is 12.2. The molecule has 0 bridgehead atoms. The Hall–Kier alpha value is -1.72. The van der Waals surface area contributed by atoms with Crippen molar-refractivity contribution in [2.45, 2.75) is 19.3 Å². The summed E-state index contributed by atoms with van der Waals surface area (Å²) in [5.74, 6) is 0.0251. The molecule has 1 aliphatic heterocycles. The molecular weight excluding hydrogens is 294 g/mol. The van der Waals surface area contributed by atoms with Gasteiger partial charge >= 0.3 is 0 Å². The van der Waals surface area contributed by atoms with Crippen LogP contribution in [0.25, 0.3) is 11.1 Å². The maximum Gasteiger partial charge on any atom is 0.261 e. The van der Waals surface area contributed by atoms with Crippen molar-refractivity contribution in [3.05, 3.63) is 40.8 Å². The first-order chi connectivity index (χ1) is 10.8. The lowest BCUT2D eigenvalue weighted by Crippen LogP contribution is -2.37. The van der Waals surface area contributed by atoms with Gasteiger partial charge in [0.25, 0.3) is 5.91 Å². The van der Waals surface area contributed by atoms with Crippen LogP contribution in [-0.2, 0) is 0 Å². The number of nitrogens with zero attached hydrogens (tertiary/aromatic N) is 2. The third-order valence-corrected chi connectivity index (χ3v) is 4.91. The summed E-state index contributed by atoms with van der Waals surface area (Å²) in [6.07, 6.45) is 7.49. The Morgan fingerprint density at radius 2 is 2.14 bits per heavy atom. The fraction of sp³-hybridized carbons (Fsp3) is 0.412. The standard InChI is InChI=1S/C17H21N3OS/c21-17(19-7-10-20-8-2-1-3-9-20)16-11-15(13-22-16)14-5-4-6-18-12-14/h4-6,11-13H,1-3,7-10H2,(H,19,21). The van der Waals surface area contributed by atoms with Crippen LogP contribution in [0.3, 0.4) is 0 Å². The van der Waals surface area contributed by atoms with E-state index in [4.69, 9.17) is 0 Å². The number of pyridine rings is 1. The quantitative estimate of drug-likeness (QED) is 0.922. The van der Waals surface area contributed by atoms with Gasteiger partial charge in [0.05, 0.1) is 4.88 Å². The third kappa shape index (κ3) is 3.93. The molecule has 1 fully saturated rings. The molecule has 0 saturated carbocycles. The Morgan fingerprint density at radius 1 is 1.27 bits per heavy atom. The van der Waals surface area contributed by atoms with Crippen LogP contribution in [0.15, 0.2) is 36.0 Å². The van der Waals surface area contributed by atoms with Crippen LogP contribution in [0.4, 0.5) is 0 Å². The van der Waals surface area contributed by atoms with Crippen molar-refractivity contribution in [2.75, 3.05) is 26.2 Å². The summed E-state index contributed by atoms with van der Waals surface area (Å²) in [6, 6.07) is 5.86. The smallest absolute Gasteiger partial charge is 0.261 e. The summed E-state index contributed by atoms with van der Waals surface area (Å²) in [4.78, 5) is 19.5. The Balaban J connectivity index is 1.51. The normalized spacial score (nSPS) is 15.6. The first kappa shape index (κ1) is 15.2. The first-order valence-corrected chi connectivity index (χ1v) is 8.70. The van der Waals surface area contributed by atoms with E-state index in [1.54, 1.807) is 6.20 Å². The molecule has 3 rings (SSSR count). The van der Waals surface area contributed by atoms with Crippen molar-refractivity contribution in [1.82, 2.24) is 15.2 Å². The number of hydrogen-bond donors (Lipinski definition) is 1. The highest BCUT2D eigenvalue weighted by atomic mass is 32.1. The summed E-state index contributed by atoms with van der Waals surface area (Å²) in [5.41, 5.74) is 2.10. The summed E-state index contributed by atoms with van der Waals surface area (Å²) in [6.45, 7) is 4.01. The molecule has 0 unspecified atom stereocenters. The number of rotatable bonds is 5. The molecule has 1 aliphatic rings. The number of likely N-dealkylation sites (tertiary alicyclic amines) is 1. The minimum atomic E-state index is 0.0251. The molecule has 0 aliphatic carbocycles. The number of amides is 1. The van der Waals surface area contributed by atoms with Gasteiger partial charge in [-0.15, -0.1) is 11.3 Å². The number of hydrogen-bond acceptors (Lipinski definition) is 4. The lowest BCUT2D eigenvalue weighted by Gasteiger charge is -2.26. The van der Waals surface area contributed by atoms with Crippen molar-refractivity contribution in [3.63, 3.8) is 0 Å². The van der Waals surface area contributed by atoms with E-state index in [-0.39, 0.29) is 5.91 Å². The van der Waals surface area contributed by atoms with Crippen LogP contribution in [-0.4, -0.2) is 42.0 Å². The van der Waals surface area contributed by atoms with Crippen LogP contribution in [0.1, 0.15) is 28.9 Å². The van der Waals surface area contributed by atoms with E-state index in [2.05, 4.69) is 15.2 Å². The highest BCUT2D eigenvalue weighted by Crippen LogP contribution is 2.24. The fourth-order valence-electron chi connectivity index (χ4n) is 2.74. The molecule has 2 aromatic rings. The van der Waals surface area contributed by atoms with Gasteiger partial charge in [0, 0.05) is 31.0 Å². The van der Waals surface area contributed by atoms with Crippen LogP contribution >= 0.6 is 11.3 Å². The van der Waals surface area contributed by atoms with Gasteiger partial charge < -0.3 is 10.2 Å². The van der Waals surface area contributed by atoms with E-state index in [0.717, 1.165) is 29.1 Å². The Morgan fingerprint density at radius 3 is 2.91 bits per heavy atom. The molecule has 0 atom stereocenters. The Bertz CT molecular complexity index is 605. The van der Waals surface area contributed by atoms with Gasteiger partial charge in [0.1, 0.15) is 0 Å². The minimum Gasteiger partial charge on any atom is -0.350 e. The molecule has 1 amide bonds. The molecule has 3 heterocycles. The topological polar surface area (TPSA) is 45.2 Å². The highest BCUT2D eigenvalue weighted by molar-refractivity contribution is 7.12. The van der Waals surface area contributed by atoms with Gasteiger partial charge in [-0.2, -0.15) is 0 Å². The van der Waals surface area contributed by atoms with E-state index in [9.17, 15) is 4.79 Å². The SMILES string of the molecule is O=C(NCCN1CCCCC1)c1cc(-c2cccnc2)cs1. The average molecular weight is 315 g/mol. The van der Waals surface area contributed by atoms with Crippen molar-refractivity contribution in [1.29, 1.82) is 0 Å². The molecule has 2 aromatic heterocycles. The van der Waals surface area contributed by atoms with Gasteiger partial charge in [0.2, 0.25) is 0 Å². The molecule has 0 spiro atoms. The van der Waals surface area contributed by atoms with E-state index in [1.807, 2.05) is 29.8 Å². The van der Waals surface area contributed by atoms with Gasteiger partial charge in [-0.3, -0.25) is 9.78 Å². The van der Waals surface area contributed by atoms with E-state index in [1.165, 1.54) is 43.7 Å². The van der Waals surface area contributed by atoms with Crippen LogP contribution in [0.2, 0.25) is 0 Å². The maximum atomic E-state index is 12.2. The average Bonchev–Trinajstić information content (AvgIpc) is 3.07. The van der Waals surface area contributed by atoms with Crippen molar-refractivity contribution in [2.24, 2.45) is 0 Å². The number of nitrogens with one attached hydrogen (secondary N) is 1. The fourth-order valence-corrected chi connectivity index (χ4v) is 3.57. The molecule has 0 radical (unpaired) electrons. The zero-order chi connectivity index (χ0) is 15.2.